The van der Waals surface area contributed by atoms with Crippen molar-refractivity contribution < 1.29 is 33.7 Å². The summed E-state index contributed by atoms with van der Waals surface area (Å²) >= 11 is 12.6. The molecule has 54 heavy (non-hydrogen) atoms. The number of alkyl carbamates (subject to hydrolysis) is 1. The van der Waals surface area contributed by atoms with E-state index in [2.05, 4.69) is 17.2 Å². The lowest BCUT2D eigenvalue weighted by atomic mass is 9.90. The van der Waals surface area contributed by atoms with Gasteiger partial charge in [-0.05, 0) is 33.4 Å². The van der Waals surface area contributed by atoms with E-state index in [1.54, 1.807) is 10.9 Å². The zero-order valence-electron chi connectivity index (χ0n) is 29.3. The first-order valence-electron chi connectivity index (χ1n) is 17.5. The maximum absolute atomic E-state index is 13.3. The lowest BCUT2D eigenvalue weighted by Gasteiger charge is -2.41. The van der Waals surface area contributed by atoms with E-state index < -0.39 is 24.3 Å². The number of nitrogens with one attached hydrogen (secondary N) is 1. The SMILES string of the molecule is CC1C(Cn2cnc(Cl)c2Cl)OC(c2ccc(-c3ccccc3CN3C(=O)CC(NC(=O)OCc4ccccc4)C3=O)cc2)OC1c1ccc(CO)cc1. The molecule has 278 valence electrons. The van der Waals surface area contributed by atoms with Gasteiger partial charge in [-0.3, -0.25) is 14.5 Å². The quantitative estimate of drug-likeness (QED) is 0.133. The van der Waals surface area contributed by atoms with Crippen molar-refractivity contribution in [3.05, 3.63) is 148 Å². The Balaban J connectivity index is 1.06. The van der Waals surface area contributed by atoms with Crippen LogP contribution in [0, 0.1) is 5.92 Å². The summed E-state index contributed by atoms with van der Waals surface area (Å²) in [6.07, 6.45) is -0.708. The van der Waals surface area contributed by atoms with E-state index in [-0.39, 0.29) is 55.4 Å². The third kappa shape index (κ3) is 8.20. The number of halogens is 2. The first-order chi connectivity index (χ1) is 26.2. The predicted octanol–water partition coefficient (Wildman–Crippen LogP) is 7.39. The largest absolute Gasteiger partial charge is 0.445 e. The summed E-state index contributed by atoms with van der Waals surface area (Å²) in [7, 11) is 0. The number of hydrogen-bond acceptors (Lipinski definition) is 8. The number of nitrogens with zero attached hydrogens (tertiary/aromatic N) is 3. The fourth-order valence-electron chi connectivity index (χ4n) is 6.79. The molecule has 0 bridgehead atoms. The van der Waals surface area contributed by atoms with Crippen LogP contribution in [0.5, 0.6) is 0 Å². The molecule has 0 radical (unpaired) electrons. The highest BCUT2D eigenvalue weighted by Crippen LogP contribution is 2.43. The van der Waals surface area contributed by atoms with E-state index in [4.69, 9.17) is 37.4 Å². The summed E-state index contributed by atoms with van der Waals surface area (Å²) in [5.41, 5.74) is 5.82. The lowest BCUT2D eigenvalue weighted by molar-refractivity contribution is -0.276. The van der Waals surface area contributed by atoms with Crippen molar-refractivity contribution in [1.29, 1.82) is 0 Å². The average molecular weight is 770 g/mol. The van der Waals surface area contributed by atoms with Crippen LogP contribution >= 0.6 is 23.2 Å². The van der Waals surface area contributed by atoms with Gasteiger partial charge < -0.3 is 29.2 Å². The van der Waals surface area contributed by atoms with E-state index in [1.807, 2.05) is 103 Å². The summed E-state index contributed by atoms with van der Waals surface area (Å²) < 4.78 is 20.2. The Morgan fingerprint density at radius 3 is 2.31 bits per heavy atom. The number of ether oxygens (including phenoxy) is 3. The van der Waals surface area contributed by atoms with Gasteiger partial charge in [0.05, 0.1) is 44.7 Å². The van der Waals surface area contributed by atoms with Gasteiger partial charge >= 0.3 is 6.09 Å². The van der Waals surface area contributed by atoms with E-state index in [1.165, 1.54) is 4.90 Å². The average Bonchev–Trinajstić information content (AvgIpc) is 3.65. The van der Waals surface area contributed by atoms with Gasteiger partial charge in [-0.25, -0.2) is 9.78 Å². The molecule has 5 unspecified atom stereocenters. The van der Waals surface area contributed by atoms with Crippen molar-refractivity contribution in [3.8, 4) is 11.1 Å². The minimum absolute atomic E-state index is 0.0405. The molecule has 5 aromatic rings. The third-order valence-electron chi connectivity index (χ3n) is 9.82. The Morgan fingerprint density at radius 1 is 0.907 bits per heavy atom. The van der Waals surface area contributed by atoms with Crippen molar-refractivity contribution in [3.63, 3.8) is 0 Å². The molecule has 2 aliphatic heterocycles. The molecular weight excluding hydrogens is 731 g/mol. The molecule has 5 atom stereocenters. The van der Waals surface area contributed by atoms with E-state index in [0.29, 0.717) is 11.7 Å². The number of benzene rings is 4. The number of likely N-dealkylation sites (tertiary alicyclic amines) is 1. The van der Waals surface area contributed by atoms with Gasteiger partial charge in [0.15, 0.2) is 11.4 Å². The van der Waals surface area contributed by atoms with Crippen LogP contribution in [0.25, 0.3) is 11.1 Å². The van der Waals surface area contributed by atoms with Crippen LogP contribution in [-0.2, 0) is 50.1 Å². The Hall–Kier alpha value is -5.04. The molecule has 2 aliphatic rings. The first-order valence-corrected chi connectivity index (χ1v) is 18.3. The molecule has 11 nitrogen and oxygen atoms in total. The number of aromatic nitrogens is 2. The molecule has 3 heterocycles. The van der Waals surface area contributed by atoms with Crippen molar-refractivity contribution in [1.82, 2.24) is 19.8 Å². The summed E-state index contributed by atoms with van der Waals surface area (Å²) in [5, 5.41) is 12.7. The van der Waals surface area contributed by atoms with Crippen LogP contribution in [0.4, 0.5) is 4.79 Å². The molecule has 2 saturated heterocycles. The number of amides is 3. The Kier molecular flexibility index (Phi) is 11.4. The first kappa shape index (κ1) is 37.3. The second kappa shape index (κ2) is 16.5. The number of imide groups is 1. The number of aliphatic hydroxyl groups is 1. The second-order valence-electron chi connectivity index (χ2n) is 13.4. The summed E-state index contributed by atoms with van der Waals surface area (Å²) in [5.74, 6) is -0.957. The Labute approximate surface area is 322 Å². The molecule has 0 aliphatic carbocycles. The predicted molar refractivity (Wildman–Crippen MR) is 201 cm³/mol. The molecule has 7 rings (SSSR count). The van der Waals surface area contributed by atoms with Gasteiger partial charge in [-0.15, -0.1) is 0 Å². The third-order valence-corrected chi connectivity index (χ3v) is 10.6. The zero-order valence-corrected chi connectivity index (χ0v) is 30.8. The van der Waals surface area contributed by atoms with Crippen LogP contribution in [0.3, 0.4) is 0 Å². The van der Waals surface area contributed by atoms with Gasteiger partial charge in [-0.1, -0.05) is 133 Å². The van der Waals surface area contributed by atoms with Gasteiger partial charge in [-0.2, -0.15) is 0 Å². The standard InChI is InChI=1S/C41H38Cl2N4O7/c1-25-34(21-46-24-44-37(42)38(46)43)53-40(54-36(25)29-13-11-26(22-48)12-14-29)30-17-15-28(16-18-30)32-10-6-5-9-31(32)20-47-35(49)19-33(39(47)50)45-41(51)52-23-27-7-3-2-4-8-27/h2-18,24-25,33-34,36,40,48H,19-23H2,1H3,(H,45,51). The minimum atomic E-state index is -1.01. The normalized spacial score (nSPS) is 21.3. The molecule has 1 aromatic heterocycles. The van der Waals surface area contributed by atoms with Gasteiger partial charge in [0.1, 0.15) is 17.8 Å². The van der Waals surface area contributed by atoms with Crippen LogP contribution < -0.4 is 5.32 Å². The molecular formula is C41H38Cl2N4O7. The highest BCUT2D eigenvalue weighted by atomic mass is 35.5. The van der Waals surface area contributed by atoms with Crippen molar-refractivity contribution >= 4 is 41.1 Å². The van der Waals surface area contributed by atoms with E-state index in [9.17, 15) is 19.5 Å². The Morgan fingerprint density at radius 2 is 1.61 bits per heavy atom. The van der Waals surface area contributed by atoms with E-state index >= 15 is 0 Å². The number of imidazole rings is 1. The molecule has 2 fully saturated rings. The molecule has 0 saturated carbocycles. The van der Waals surface area contributed by atoms with Crippen molar-refractivity contribution in [2.45, 2.75) is 64.2 Å². The lowest BCUT2D eigenvalue weighted by Crippen LogP contribution is -2.41. The van der Waals surface area contributed by atoms with E-state index in [0.717, 1.165) is 38.9 Å². The molecule has 4 aromatic carbocycles. The molecule has 2 N–H and O–H groups in total. The molecule has 0 spiro atoms. The van der Waals surface area contributed by atoms with Crippen molar-refractivity contribution in [2.75, 3.05) is 0 Å². The minimum Gasteiger partial charge on any atom is -0.445 e. The van der Waals surface area contributed by atoms with Gasteiger partial charge in [0, 0.05) is 11.5 Å². The highest BCUT2D eigenvalue weighted by molar-refractivity contribution is 6.40. The smallest absolute Gasteiger partial charge is 0.408 e. The van der Waals surface area contributed by atoms with Crippen molar-refractivity contribution in [2.24, 2.45) is 5.92 Å². The zero-order chi connectivity index (χ0) is 37.8. The van der Waals surface area contributed by atoms with Crippen LogP contribution in [0.2, 0.25) is 10.3 Å². The van der Waals surface area contributed by atoms with Gasteiger partial charge in [0.2, 0.25) is 5.91 Å². The number of carbonyl (C=O) groups excluding carboxylic acids is 3. The number of carbonyl (C=O) groups is 3. The van der Waals surface area contributed by atoms with Crippen LogP contribution in [0.15, 0.2) is 109 Å². The maximum Gasteiger partial charge on any atom is 0.408 e. The topological polar surface area (TPSA) is 132 Å². The van der Waals surface area contributed by atoms with Gasteiger partial charge in [0.25, 0.3) is 5.91 Å². The Bertz CT molecular complexity index is 2110. The second-order valence-corrected chi connectivity index (χ2v) is 14.1. The monoisotopic (exact) mass is 768 g/mol. The van der Waals surface area contributed by atoms with Crippen LogP contribution in [0.1, 0.15) is 53.6 Å². The molecule has 13 heteroatoms. The highest BCUT2D eigenvalue weighted by Gasteiger charge is 2.41. The summed E-state index contributed by atoms with van der Waals surface area (Å²) in [6, 6.07) is 31.2. The number of aliphatic hydroxyl groups excluding tert-OH is 1. The molecule has 3 amide bonds. The maximum atomic E-state index is 13.3. The number of rotatable bonds is 11. The van der Waals surface area contributed by atoms with Crippen LogP contribution in [-0.4, -0.2) is 49.6 Å². The number of hydrogen-bond donors (Lipinski definition) is 2. The summed E-state index contributed by atoms with van der Waals surface area (Å²) in [6.45, 7) is 2.49. The fourth-order valence-corrected chi connectivity index (χ4v) is 7.10. The summed E-state index contributed by atoms with van der Waals surface area (Å²) in [4.78, 5) is 44.1. The fraction of sp³-hybridized carbons (Fsp3) is 0.268.